The molecular weight excluding hydrogens is 326 g/mol. The largest absolute Gasteiger partial charge is 0.497 e. The van der Waals surface area contributed by atoms with Gasteiger partial charge in [-0.25, -0.2) is 0 Å². The van der Waals surface area contributed by atoms with Crippen molar-refractivity contribution in [2.75, 3.05) is 27.4 Å². The minimum absolute atomic E-state index is 0.0982. The zero-order chi connectivity index (χ0) is 18.2. The predicted octanol–water partition coefficient (Wildman–Crippen LogP) is 2.08. The van der Waals surface area contributed by atoms with Crippen molar-refractivity contribution in [2.24, 2.45) is 0 Å². The van der Waals surface area contributed by atoms with E-state index >= 15 is 0 Å². The number of carboxylic acid groups (broad SMARTS) is 1. The lowest BCUT2D eigenvalue weighted by Gasteiger charge is -2.22. The zero-order valence-corrected chi connectivity index (χ0v) is 14.7. The molecule has 1 aliphatic rings. The molecule has 138 valence electrons. The molecule has 1 aromatic carbocycles. The van der Waals surface area contributed by atoms with Gasteiger partial charge in [-0.3, -0.25) is 9.59 Å². The van der Waals surface area contributed by atoms with Crippen LogP contribution in [0.2, 0.25) is 0 Å². The molecule has 0 spiro atoms. The van der Waals surface area contributed by atoms with Crippen molar-refractivity contribution in [3.8, 4) is 11.5 Å². The molecular formula is C18H25NO6. The van der Waals surface area contributed by atoms with E-state index in [9.17, 15) is 9.59 Å². The Bertz CT molecular complexity index is 575. The van der Waals surface area contributed by atoms with Gasteiger partial charge in [-0.05, 0) is 30.5 Å². The highest BCUT2D eigenvalue weighted by Crippen LogP contribution is 2.24. The first kappa shape index (κ1) is 19.1. The average Bonchev–Trinajstić information content (AvgIpc) is 3.11. The van der Waals surface area contributed by atoms with Gasteiger partial charge in [0.1, 0.15) is 24.7 Å². The minimum Gasteiger partial charge on any atom is -0.497 e. The maximum absolute atomic E-state index is 12.4. The van der Waals surface area contributed by atoms with E-state index in [4.69, 9.17) is 19.3 Å². The minimum atomic E-state index is -1.07. The molecule has 0 aliphatic heterocycles. The molecule has 1 aromatic rings. The molecule has 0 saturated heterocycles. The number of hydrogen-bond donors (Lipinski definition) is 1. The van der Waals surface area contributed by atoms with Crippen LogP contribution in [0.15, 0.2) is 18.2 Å². The molecule has 0 heterocycles. The van der Waals surface area contributed by atoms with Gasteiger partial charge >= 0.3 is 5.97 Å². The van der Waals surface area contributed by atoms with Crippen molar-refractivity contribution < 1.29 is 28.9 Å². The molecule has 0 unspecified atom stereocenters. The molecule has 0 aromatic heterocycles. The number of carbonyl (C=O) groups is 2. The molecule has 25 heavy (non-hydrogen) atoms. The molecule has 1 N–H and O–H groups in total. The Balaban J connectivity index is 2.05. The predicted molar refractivity (Wildman–Crippen MR) is 90.8 cm³/mol. The molecule has 0 bridgehead atoms. The van der Waals surface area contributed by atoms with Gasteiger partial charge in [0.05, 0.1) is 20.3 Å². The van der Waals surface area contributed by atoms with Gasteiger partial charge in [-0.15, -0.1) is 0 Å². The third-order valence-corrected chi connectivity index (χ3v) is 4.21. The summed E-state index contributed by atoms with van der Waals surface area (Å²) < 4.78 is 16.0. The van der Waals surface area contributed by atoms with Gasteiger partial charge in [0.25, 0.3) is 0 Å². The molecule has 1 amide bonds. The lowest BCUT2D eigenvalue weighted by Crippen LogP contribution is -2.38. The second-order valence-corrected chi connectivity index (χ2v) is 6.08. The van der Waals surface area contributed by atoms with E-state index in [1.165, 1.54) is 19.1 Å². The Morgan fingerprint density at radius 2 is 1.72 bits per heavy atom. The number of aliphatic carboxylic acids is 1. The Labute approximate surface area is 147 Å². The highest BCUT2D eigenvalue weighted by atomic mass is 16.5. The quantitative estimate of drug-likeness (QED) is 0.733. The maximum Gasteiger partial charge on any atom is 0.323 e. The lowest BCUT2D eigenvalue weighted by atomic mass is 10.2. The van der Waals surface area contributed by atoms with Crippen LogP contribution >= 0.6 is 0 Å². The summed E-state index contributed by atoms with van der Waals surface area (Å²) in [5, 5.41) is 9.11. The van der Waals surface area contributed by atoms with E-state index in [2.05, 4.69) is 0 Å². The number of ether oxygens (including phenoxy) is 3. The van der Waals surface area contributed by atoms with Crippen LogP contribution in [0.25, 0.3) is 0 Å². The van der Waals surface area contributed by atoms with Gasteiger partial charge in [-0.1, -0.05) is 12.8 Å². The average molecular weight is 351 g/mol. The number of carboxylic acids is 1. The molecule has 7 nitrogen and oxygen atoms in total. The third kappa shape index (κ3) is 5.94. The van der Waals surface area contributed by atoms with Crippen LogP contribution in [0.4, 0.5) is 0 Å². The number of nitrogens with zero attached hydrogens (tertiary/aromatic N) is 1. The summed E-state index contributed by atoms with van der Waals surface area (Å²) >= 11 is 0. The van der Waals surface area contributed by atoms with Gasteiger partial charge in [0.2, 0.25) is 5.91 Å². The second kappa shape index (κ2) is 9.27. The van der Waals surface area contributed by atoms with Crippen molar-refractivity contribution in [3.05, 3.63) is 23.8 Å². The zero-order valence-electron chi connectivity index (χ0n) is 14.7. The number of carbonyl (C=O) groups excluding carboxylic acids is 1. The van der Waals surface area contributed by atoms with Gasteiger partial charge in [-0.2, -0.15) is 0 Å². The van der Waals surface area contributed by atoms with Crippen LogP contribution in [0.3, 0.4) is 0 Å². The smallest absolute Gasteiger partial charge is 0.323 e. The van der Waals surface area contributed by atoms with Crippen molar-refractivity contribution in [2.45, 2.75) is 38.3 Å². The number of rotatable bonds is 9. The van der Waals surface area contributed by atoms with Crippen molar-refractivity contribution in [1.29, 1.82) is 0 Å². The van der Waals surface area contributed by atoms with Gasteiger partial charge in [0, 0.05) is 12.6 Å². The fourth-order valence-electron chi connectivity index (χ4n) is 2.91. The summed E-state index contributed by atoms with van der Waals surface area (Å²) in [5.74, 6) is -0.237. The molecule has 2 rings (SSSR count). The van der Waals surface area contributed by atoms with Crippen molar-refractivity contribution in [3.63, 3.8) is 0 Å². The molecule has 7 heteroatoms. The van der Waals surface area contributed by atoms with Crippen LogP contribution in [-0.2, 0) is 20.9 Å². The van der Waals surface area contributed by atoms with Crippen LogP contribution in [0.5, 0.6) is 11.5 Å². The lowest BCUT2D eigenvalue weighted by molar-refractivity contribution is -0.148. The second-order valence-electron chi connectivity index (χ2n) is 6.08. The topological polar surface area (TPSA) is 85.3 Å². The first-order valence-corrected chi connectivity index (χ1v) is 8.35. The standard InChI is InChI=1S/C18H25NO6/c1-23-15-7-13(8-16(9-15)24-2)10-19(11-18(21)22)17(20)12-25-14-5-3-4-6-14/h7-9,14H,3-6,10-12H2,1-2H3,(H,21,22). The summed E-state index contributed by atoms with van der Waals surface area (Å²) in [6.07, 6.45) is 4.24. The molecule has 0 radical (unpaired) electrons. The molecule has 1 fully saturated rings. The van der Waals surface area contributed by atoms with E-state index in [-0.39, 0.29) is 31.7 Å². The Kier molecular flexibility index (Phi) is 7.06. The number of methoxy groups -OCH3 is 2. The summed E-state index contributed by atoms with van der Waals surface area (Å²) in [6, 6.07) is 5.22. The van der Waals surface area contributed by atoms with E-state index in [0.29, 0.717) is 11.5 Å². The van der Waals surface area contributed by atoms with E-state index < -0.39 is 5.97 Å². The van der Waals surface area contributed by atoms with Crippen molar-refractivity contribution >= 4 is 11.9 Å². The van der Waals surface area contributed by atoms with Crippen LogP contribution in [-0.4, -0.2) is 55.4 Å². The first-order chi connectivity index (χ1) is 12.0. The summed E-state index contributed by atoms with van der Waals surface area (Å²) in [5.41, 5.74) is 0.728. The number of benzene rings is 1. The summed E-state index contributed by atoms with van der Waals surface area (Å²) in [7, 11) is 3.07. The SMILES string of the molecule is COc1cc(CN(CC(=O)O)C(=O)COC2CCCC2)cc(OC)c1. The molecule has 0 atom stereocenters. The third-order valence-electron chi connectivity index (χ3n) is 4.21. The maximum atomic E-state index is 12.4. The molecule has 1 saturated carbocycles. The number of hydrogen-bond acceptors (Lipinski definition) is 5. The van der Waals surface area contributed by atoms with E-state index in [0.717, 1.165) is 31.2 Å². The van der Waals surface area contributed by atoms with Crippen LogP contribution < -0.4 is 9.47 Å². The van der Waals surface area contributed by atoms with Gasteiger partial charge in [0.15, 0.2) is 0 Å². The summed E-state index contributed by atoms with van der Waals surface area (Å²) in [6.45, 7) is -0.335. The molecule has 1 aliphatic carbocycles. The highest BCUT2D eigenvalue weighted by Gasteiger charge is 2.21. The van der Waals surface area contributed by atoms with Gasteiger partial charge < -0.3 is 24.2 Å². The Hall–Kier alpha value is -2.28. The highest BCUT2D eigenvalue weighted by molar-refractivity contribution is 5.82. The van der Waals surface area contributed by atoms with E-state index in [1.54, 1.807) is 18.2 Å². The van der Waals surface area contributed by atoms with E-state index in [1.807, 2.05) is 0 Å². The monoisotopic (exact) mass is 351 g/mol. The fourth-order valence-corrected chi connectivity index (χ4v) is 2.91. The normalized spacial score (nSPS) is 14.3. The summed E-state index contributed by atoms with van der Waals surface area (Å²) in [4.78, 5) is 24.8. The Morgan fingerprint density at radius 3 is 2.24 bits per heavy atom. The van der Waals surface area contributed by atoms with Crippen LogP contribution in [0.1, 0.15) is 31.2 Å². The fraction of sp³-hybridized carbons (Fsp3) is 0.556. The Morgan fingerprint density at radius 1 is 1.12 bits per heavy atom. The first-order valence-electron chi connectivity index (χ1n) is 8.35. The van der Waals surface area contributed by atoms with Crippen LogP contribution in [0, 0.1) is 0 Å². The van der Waals surface area contributed by atoms with Crippen molar-refractivity contribution in [1.82, 2.24) is 4.90 Å². The number of amides is 1.